The van der Waals surface area contributed by atoms with Crippen molar-refractivity contribution in [2.75, 3.05) is 13.1 Å². The van der Waals surface area contributed by atoms with Gasteiger partial charge < -0.3 is 0 Å². The molecule has 142 valence electrons. The Morgan fingerprint density at radius 2 is 1.78 bits per heavy atom. The van der Waals surface area contributed by atoms with Gasteiger partial charge in [0, 0.05) is 25.6 Å². The third-order valence-electron chi connectivity index (χ3n) is 6.11. The molecular weight excluding hydrogens is 338 g/mol. The fourth-order valence-electron chi connectivity index (χ4n) is 4.57. The first-order chi connectivity index (χ1) is 13.2. The van der Waals surface area contributed by atoms with E-state index in [0.717, 1.165) is 51.1 Å². The van der Waals surface area contributed by atoms with Gasteiger partial charge in [0.1, 0.15) is 5.82 Å². The molecule has 0 amide bonds. The summed E-state index contributed by atoms with van der Waals surface area (Å²) in [5.74, 6) is 1.38. The maximum Gasteiger partial charge on any atom is 0.345 e. The summed E-state index contributed by atoms with van der Waals surface area (Å²) >= 11 is 0. The Hall–Kier alpha value is -2.39. The van der Waals surface area contributed by atoms with Crippen molar-refractivity contribution >= 4 is 0 Å². The molecule has 2 aliphatic rings. The fraction of sp³-hybridized carbons (Fsp3) is 0.571. The highest BCUT2D eigenvalue weighted by molar-refractivity contribution is 5.31. The average molecular weight is 365 g/mol. The van der Waals surface area contributed by atoms with Crippen LogP contribution >= 0.6 is 0 Å². The Morgan fingerprint density at radius 3 is 2.41 bits per heavy atom. The van der Waals surface area contributed by atoms with Gasteiger partial charge in [-0.25, -0.2) is 9.48 Å². The fourth-order valence-corrected chi connectivity index (χ4v) is 4.57. The van der Waals surface area contributed by atoms with E-state index < -0.39 is 0 Å². The number of nitrogens with zero attached hydrogens (tertiary/aromatic N) is 5. The summed E-state index contributed by atoms with van der Waals surface area (Å²) in [5.41, 5.74) is 2.00. The molecule has 1 saturated heterocycles. The van der Waals surface area contributed by atoms with E-state index in [-0.39, 0.29) is 5.69 Å². The Bertz CT molecular complexity index is 875. The van der Waals surface area contributed by atoms with Gasteiger partial charge in [0.25, 0.3) is 0 Å². The van der Waals surface area contributed by atoms with Crippen molar-refractivity contribution in [1.29, 1.82) is 5.26 Å². The predicted molar refractivity (Wildman–Crippen MR) is 103 cm³/mol. The SMILES string of the molecule is Cn1nc(C2CCN(Cc3ccc(C#N)cc3)CC2)n(C2CCCC2)c1=O. The van der Waals surface area contributed by atoms with Crippen LogP contribution in [0.1, 0.15) is 67.4 Å². The van der Waals surface area contributed by atoms with Crippen molar-refractivity contribution in [3.8, 4) is 6.07 Å². The van der Waals surface area contributed by atoms with Crippen molar-refractivity contribution in [3.05, 3.63) is 51.7 Å². The van der Waals surface area contributed by atoms with Crippen LogP contribution in [0.2, 0.25) is 0 Å². The number of benzene rings is 1. The van der Waals surface area contributed by atoms with E-state index in [2.05, 4.69) is 16.1 Å². The van der Waals surface area contributed by atoms with Crippen LogP contribution in [0, 0.1) is 11.3 Å². The largest absolute Gasteiger partial charge is 0.345 e. The minimum Gasteiger partial charge on any atom is -0.299 e. The molecule has 0 bridgehead atoms. The summed E-state index contributed by atoms with van der Waals surface area (Å²) in [6, 6.07) is 10.4. The molecular formula is C21H27N5O. The minimum absolute atomic E-state index is 0.0527. The first kappa shape index (κ1) is 18.0. The van der Waals surface area contributed by atoms with Crippen LogP contribution in [-0.2, 0) is 13.6 Å². The highest BCUT2D eigenvalue weighted by atomic mass is 16.2. The third kappa shape index (κ3) is 3.70. The zero-order valence-electron chi connectivity index (χ0n) is 16.0. The lowest BCUT2D eigenvalue weighted by Gasteiger charge is -2.32. The Morgan fingerprint density at radius 1 is 1.11 bits per heavy atom. The van der Waals surface area contributed by atoms with Crippen LogP contribution in [0.5, 0.6) is 0 Å². The number of rotatable bonds is 4. The summed E-state index contributed by atoms with van der Waals surface area (Å²) in [4.78, 5) is 15.1. The van der Waals surface area contributed by atoms with Gasteiger partial charge in [-0.1, -0.05) is 25.0 Å². The summed E-state index contributed by atoms with van der Waals surface area (Å²) in [5, 5.41) is 13.5. The quantitative estimate of drug-likeness (QED) is 0.835. The van der Waals surface area contributed by atoms with Crippen LogP contribution in [0.15, 0.2) is 29.1 Å². The van der Waals surface area contributed by atoms with E-state index in [1.807, 2.05) is 28.8 Å². The van der Waals surface area contributed by atoms with Crippen LogP contribution in [0.3, 0.4) is 0 Å². The molecule has 1 aliphatic carbocycles. The highest BCUT2D eigenvalue weighted by Crippen LogP contribution is 2.33. The summed E-state index contributed by atoms with van der Waals surface area (Å²) in [6.07, 6.45) is 6.73. The Balaban J connectivity index is 1.43. The van der Waals surface area contributed by atoms with Crippen molar-refractivity contribution < 1.29 is 0 Å². The van der Waals surface area contributed by atoms with Crippen LogP contribution in [0.4, 0.5) is 0 Å². The second-order valence-electron chi connectivity index (χ2n) is 7.93. The Labute approximate surface area is 160 Å². The smallest absolute Gasteiger partial charge is 0.299 e. The van der Waals surface area contributed by atoms with E-state index in [9.17, 15) is 4.79 Å². The lowest BCUT2D eigenvalue weighted by molar-refractivity contribution is 0.198. The standard InChI is InChI=1S/C21H27N5O/c1-24-21(27)26(19-4-2-3-5-19)20(23-24)18-10-12-25(13-11-18)15-17-8-6-16(14-22)7-9-17/h6-9,18-19H,2-5,10-13,15H2,1H3. The molecule has 2 heterocycles. The molecule has 1 aromatic heterocycles. The summed E-state index contributed by atoms with van der Waals surface area (Å²) < 4.78 is 3.53. The number of nitriles is 1. The van der Waals surface area contributed by atoms with E-state index in [0.29, 0.717) is 17.5 Å². The van der Waals surface area contributed by atoms with E-state index in [1.165, 1.54) is 23.1 Å². The van der Waals surface area contributed by atoms with Crippen LogP contribution in [0.25, 0.3) is 0 Å². The molecule has 1 aliphatic heterocycles. The molecule has 0 unspecified atom stereocenters. The lowest BCUT2D eigenvalue weighted by atomic mass is 9.95. The van der Waals surface area contributed by atoms with Crippen molar-refractivity contribution in [3.63, 3.8) is 0 Å². The van der Waals surface area contributed by atoms with Gasteiger partial charge in [-0.3, -0.25) is 9.47 Å². The molecule has 6 nitrogen and oxygen atoms in total. The number of piperidine rings is 1. The average Bonchev–Trinajstić information content (AvgIpc) is 3.32. The first-order valence-corrected chi connectivity index (χ1v) is 10.0. The second kappa shape index (κ2) is 7.69. The van der Waals surface area contributed by atoms with Crippen molar-refractivity contribution in [2.24, 2.45) is 7.05 Å². The van der Waals surface area contributed by atoms with Gasteiger partial charge in [-0.15, -0.1) is 0 Å². The van der Waals surface area contributed by atoms with Crippen LogP contribution in [-0.4, -0.2) is 32.3 Å². The molecule has 2 fully saturated rings. The van der Waals surface area contributed by atoms with E-state index in [1.54, 1.807) is 7.05 Å². The van der Waals surface area contributed by atoms with Gasteiger partial charge in [-0.05, 0) is 56.5 Å². The van der Waals surface area contributed by atoms with Crippen LogP contribution < -0.4 is 5.69 Å². The number of hydrogen-bond donors (Lipinski definition) is 0. The zero-order valence-corrected chi connectivity index (χ0v) is 16.0. The molecule has 6 heteroatoms. The zero-order chi connectivity index (χ0) is 18.8. The molecule has 0 spiro atoms. The van der Waals surface area contributed by atoms with Gasteiger partial charge >= 0.3 is 5.69 Å². The molecule has 0 N–H and O–H groups in total. The molecule has 27 heavy (non-hydrogen) atoms. The number of hydrogen-bond acceptors (Lipinski definition) is 4. The normalized spacial score (nSPS) is 19.4. The lowest BCUT2D eigenvalue weighted by Crippen LogP contribution is -2.34. The second-order valence-corrected chi connectivity index (χ2v) is 7.93. The van der Waals surface area contributed by atoms with Gasteiger partial charge in [-0.2, -0.15) is 10.4 Å². The van der Waals surface area contributed by atoms with Gasteiger partial charge in [0.2, 0.25) is 0 Å². The minimum atomic E-state index is 0.0527. The molecule has 4 rings (SSSR count). The Kier molecular flexibility index (Phi) is 5.13. The highest BCUT2D eigenvalue weighted by Gasteiger charge is 2.30. The molecule has 1 saturated carbocycles. The monoisotopic (exact) mass is 365 g/mol. The number of aromatic nitrogens is 3. The predicted octanol–water partition coefficient (Wildman–Crippen LogP) is 2.95. The first-order valence-electron chi connectivity index (χ1n) is 10.0. The van der Waals surface area contributed by atoms with Gasteiger partial charge in [0.05, 0.1) is 11.6 Å². The number of aryl methyl sites for hydroxylation is 1. The summed E-state index contributed by atoms with van der Waals surface area (Å²) in [7, 11) is 1.78. The maximum atomic E-state index is 12.6. The maximum absolute atomic E-state index is 12.6. The summed E-state index contributed by atoms with van der Waals surface area (Å²) in [6.45, 7) is 2.94. The van der Waals surface area contributed by atoms with E-state index >= 15 is 0 Å². The number of likely N-dealkylation sites (tertiary alicyclic amines) is 1. The van der Waals surface area contributed by atoms with Crippen molar-refractivity contribution in [1.82, 2.24) is 19.2 Å². The van der Waals surface area contributed by atoms with E-state index in [4.69, 9.17) is 5.26 Å². The van der Waals surface area contributed by atoms with Crippen molar-refractivity contribution in [2.45, 2.75) is 57.0 Å². The molecule has 2 aromatic rings. The third-order valence-corrected chi connectivity index (χ3v) is 6.11. The molecule has 0 radical (unpaired) electrons. The van der Waals surface area contributed by atoms with Gasteiger partial charge in [0.15, 0.2) is 0 Å². The topological polar surface area (TPSA) is 66.8 Å². The molecule has 1 aromatic carbocycles. The molecule has 0 atom stereocenters.